The summed E-state index contributed by atoms with van der Waals surface area (Å²) in [4.78, 5) is 25.1. The third kappa shape index (κ3) is 1.55. The van der Waals surface area contributed by atoms with Crippen LogP contribution in [0, 0.1) is 0 Å². The van der Waals surface area contributed by atoms with Crippen molar-refractivity contribution in [1.82, 2.24) is 19.9 Å². The second kappa shape index (κ2) is 4.00. The molecule has 102 valence electrons. The number of fused-ring (bicyclic) bond motifs is 2. The van der Waals surface area contributed by atoms with Crippen LogP contribution in [0.1, 0.15) is 21.0 Å². The van der Waals surface area contributed by atoms with Gasteiger partial charge < -0.3 is 19.8 Å². The van der Waals surface area contributed by atoms with Gasteiger partial charge >= 0.3 is 5.97 Å². The second-order valence-corrected chi connectivity index (χ2v) is 4.54. The number of amides is 1. The lowest BCUT2D eigenvalue weighted by atomic mass is 10.1. The highest BCUT2D eigenvalue weighted by Gasteiger charge is 2.48. The smallest absolute Gasteiger partial charge is 0.361 e. The van der Waals surface area contributed by atoms with Gasteiger partial charge in [0.15, 0.2) is 5.69 Å². The van der Waals surface area contributed by atoms with Crippen LogP contribution in [0.3, 0.4) is 0 Å². The first-order valence-corrected chi connectivity index (χ1v) is 5.73. The lowest BCUT2D eigenvalue weighted by Gasteiger charge is -2.30. The summed E-state index contributed by atoms with van der Waals surface area (Å²) in [5.41, 5.74) is -0.119. The molecule has 0 unspecified atom stereocenters. The summed E-state index contributed by atoms with van der Waals surface area (Å²) in [7, 11) is 1.19. The van der Waals surface area contributed by atoms with Crippen molar-refractivity contribution in [3.05, 3.63) is 11.4 Å². The number of aromatic nitrogens is 3. The Hall–Kier alpha value is -2.00. The number of nitrogens with zero attached hydrogens (tertiary/aromatic N) is 4. The number of rotatable bonds is 1. The van der Waals surface area contributed by atoms with E-state index < -0.39 is 30.1 Å². The summed E-state index contributed by atoms with van der Waals surface area (Å²) in [6.07, 6.45) is -2.02. The predicted molar refractivity (Wildman–Crippen MR) is 58.2 cm³/mol. The molecular weight excluding hydrogens is 256 g/mol. The van der Waals surface area contributed by atoms with E-state index in [0.29, 0.717) is 0 Å². The molecular formula is C10H12N4O5. The van der Waals surface area contributed by atoms with Crippen molar-refractivity contribution in [3.8, 4) is 0 Å². The molecule has 0 aromatic carbocycles. The first kappa shape index (κ1) is 12.1. The summed E-state index contributed by atoms with van der Waals surface area (Å²) in [6.45, 7) is 0.208. The molecule has 2 aliphatic heterocycles. The maximum Gasteiger partial charge on any atom is 0.361 e. The fourth-order valence-electron chi connectivity index (χ4n) is 2.53. The lowest BCUT2D eigenvalue weighted by Crippen LogP contribution is -2.48. The minimum absolute atomic E-state index is 0.0243. The molecule has 0 radical (unpaired) electrons. The van der Waals surface area contributed by atoms with Crippen LogP contribution in [-0.4, -0.2) is 73.9 Å². The van der Waals surface area contributed by atoms with E-state index in [0.717, 1.165) is 0 Å². The first-order valence-electron chi connectivity index (χ1n) is 5.73. The van der Waals surface area contributed by atoms with Crippen molar-refractivity contribution >= 4 is 11.9 Å². The maximum absolute atomic E-state index is 12.3. The van der Waals surface area contributed by atoms with Crippen LogP contribution in [-0.2, 0) is 11.3 Å². The highest BCUT2D eigenvalue weighted by Crippen LogP contribution is 2.27. The molecule has 0 spiro atoms. The van der Waals surface area contributed by atoms with E-state index in [1.807, 2.05) is 0 Å². The van der Waals surface area contributed by atoms with E-state index in [9.17, 15) is 19.8 Å². The van der Waals surface area contributed by atoms with E-state index in [-0.39, 0.29) is 24.5 Å². The summed E-state index contributed by atoms with van der Waals surface area (Å²) >= 11 is 0. The molecule has 1 amide bonds. The SMILES string of the molecule is COC(=O)c1nnn2c1C(=O)N1C[C@H](O)[C@H](O)[C@@H]1C2. The van der Waals surface area contributed by atoms with Gasteiger partial charge in [-0.05, 0) is 0 Å². The quantitative estimate of drug-likeness (QED) is 0.546. The first-order chi connectivity index (χ1) is 9.04. The Labute approximate surface area is 107 Å². The van der Waals surface area contributed by atoms with Gasteiger partial charge in [-0.1, -0.05) is 5.21 Å². The monoisotopic (exact) mass is 268 g/mol. The Morgan fingerprint density at radius 2 is 2.16 bits per heavy atom. The van der Waals surface area contributed by atoms with Gasteiger partial charge in [0, 0.05) is 0 Å². The van der Waals surface area contributed by atoms with Gasteiger partial charge in [-0.3, -0.25) is 4.79 Å². The van der Waals surface area contributed by atoms with Crippen molar-refractivity contribution < 1.29 is 24.5 Å². The van der Waals surface area contributed by atoms with E-state index >= 15 is 0 Å². The van der Waals surface area contributed by atoms with Gasteiger partial charge in [0.05, 0.1) is 32.3 Å². The number of carbonyl (C=O) groups is 2. The molecule has 3 rings (SSSR count). The standard InChI is InChI=1S/C10H12N4O5/c1-19-10(18)6-7-9(17)13-3-5(15)8(16)4(13)2-14(7)12-11-6/h4-5,8,15-16H,2-3H2,1H3/t4-,5-,8+/m0/s1. The summed E-state index contributed by atoms with van der Waals surface area (Å²) in [6, 6.07) is -0.554. The molecule has 2 N–H and O–H groups in total. The van der Waals surface area contributed by atoms with Crippen molar-refractivity contribution in [3.63, 3.8) is 0 Å². The van der Waals surface area contributed by atoms with Crippen LogP contribution < -0.4 is 0 Å². The number of aliphatic hydroxyl groups excluding tert-OH is 2. The van der Waals surface area contributed by atoms with E-state index in [1.54, 1.807) is 0 Å². The number of esters is 1. The Morgan fingerprint density at radius 3 is 2.84 bits per heavy atom. The zero-order valence-electron chi connectivity index (χ0n) is 10.1. The van der Waals surface area contributed by atoms with Gasteiger partial charge in [0.2, 0.25) is 5.69 Å². The van der Waals surface area contributed by atoms with Crippen molar-refractivity contribution in [2.75, 3.05) is 13.7 Å². The van der Waals surface area contributed by atoms with Gasteiger partial charge in [0.25, 0.3) is 5.91 Å². The third-order valence-corrected chi connectivity index (χ3v) is 3.51. The van der Waals surface area contributed by atoms with Gasteiger partial charge in [-0.2, -0.15) is 0 Å². The Kier molecular flexibility index (Phi) is 2.54. The molecule has 0 saturated carbocycles. The Morgan fingerprint density at radius 1 is 1.42 bits per heavy atom. The average Bonchev–Trinajstić information content (AvgIpc) is 2.94. The van der Waals surface area contributed by atoms with E-state index in [2.05, 4.69) is 15.0 Å². The Bertz CT molecular complexity index is 556. The van der Waals surface area contributed by atoms with Crippen LogP contribution in [0.2, 0.25) is 0 Å². The van der Waals surface area contributed by atoms with E-state index in [4.69, 9.17) is 0 Å². The summed E-state index contributed by atoms with van der Waals surface area (Å²) in [5.74, 6) is -1.23. The van der Waals surface area contributed by atoms with Crippen LogP contribution in [0.5, 0.6) is 0 Å². The number of hydrogen-bond donors (Lipinski definition) is 2. The molecule has 3 heterocycles. The fourth-order valence-corrected chi connectivity index (χ4v) is 2.53. The molecule has 1 aromatic rings. The number of methoxy groups -OCH3 is 1. The molecule has 1 saturated heterocycles. The fraction of sp³-hybridized carbons (Fsp3) is 0.600. The lowest BCUT2D eigenvalue weighted by molar-refractivity contribution is 0.0277. The van der Waals surface area contributed by atoms with E-state index in [1.165, 1.54) is 16.7 Å². The molecule has 1 aromatic heterocycles. The number of aliphatic hydroxyl groups is 2. The normalized spacial score (nSPS) is 29.1. The third-order valence-electron chi connectivity index (χ3n) is 3.51. The van der Waals surface area contributed by atoms with Gasteiger partial charge in [-0.25, -0.2) is 9.48 Å². The molecule has 0 aliphatic carbocycles. The molecule has 9 nitrogen and oxygen atoms in total. The summed E-state index contributed by atoms with van der Waals surface area (Å²) in [5, 5.41) is 26.8. The van der Waals surface area contributed by atoms with Gasteiger partial charge in [-0.15, -0.1) is 5.10 Å². The zero-order valence-corrected chi connectivity index (χ0v) is 10.1. The minimum atomic E-state index is -1.03. The average molecular weight is 268 g/mol. The highest BCUT2D eigenvalue weighted by molar-refractivity contribution is 6.03. The zero-order chi connectivity index (χ0) is 13.7. The molecule has 1 fully saturated rings. The molecule has 2 aliphatic rings. The Balaban J connectivity index is 2.03. The van der Waals surface area contributed by atoms with Crippen LogP contribution in [0.25, 0.3) is 0 Å². The van der Waals surface area contributed by atoms with Crippen LogP contribution in [0.15, 0.2) is 0 Å². The van der Waals surface area contributed by atoms with Crippen LogP contribution in [0.4, 0.5) is 0 Å². The van der Waals surface area contributed by atoms with Crippen LogP contribution >= 0.6 is 0 Å². The predicted octanol–water partition coefficient (Wildman–Crippen LogP) is -2.38. The maximum atomic E-state index is 12.3. The van der Waals surface area contributed by atoms with Crippen molar-refractivity contribution in [1.29, 1.82) is 0 Å². The van der Waals surface area contributed by atoms with Gasteiger partial charge in [0.1, 0.15) is 6.10 Å². The number of hydrogen-bond acceptors (Lipinski definition) is 7. The number of carbonyl (C=O) groups excluding carboxylic acids is 2. The highest BCUT2D eigenvalue weighted by atomic mass is 16.5. The molecule has 19 heavy (non-hydrogen) atoms. The molecule has 3 atom stereocenters. The summed E-state index contributed by atoms with van der Waals surface area (Å²) < 4.78 is 5.80. The molecule has 0 bridgehead atoms. The topological polar surface area (TPSA) is 118 Å². The molecule has 9 heteroatoms. The number of ether oxygens (including phenoxy) is 1. The second-order valence-electron chi connectivity index (χ2n) is 4.54. The minimum Gasteiger partial charge on any atom is -0.464 e. The van der Waals surface area contributed by atoms with Crippen molar-refractivity contribution in [2.45, 2.75) is 24.8 Å². The largest absolute Gasteiger partial charge is 0.464 e. The van der Waals surface area contributed by atoms with Crippen molar-refractivity contribution in [2.24, 2.45) is 0 Å².